The van der Waals surface area contributed by atoms with Gasteiger partial charge < -0.3 is 0 Å². The fraction of sp³-hybridized carbons (Fsp3) is 0.769. The van der Waals surface area contributed by atoms with Crippen LogP contribution in [0.4, 0.5) is 0 Å². The first-order valence-electron chi connectivity index (χ1n) is 11.9. The molecule has 0 saturated carbocycles. The van der Waals surface area contributed by atoms with E-state index < -0.39 is 0 Å². The third kappa shape index (κ3) is 10.4. The maximum atomic E-state index is 2.39. The fourth-order valence-electron chi connectivity index (χ4n) is 4.16. The van der Waals surface area contributed by atoms with E-state index >= 15 is 0 Å². The van der Waals surface area contributed by atoms with E-state index in [4.69, 9.17) is 0 Å². The third-order valence-electron chi connectivity index (χ3n) is 5.82. The molecule has 1 aromatic carbocycles. The minimum atomic E-state index is 1.21. The zero-order valence-electron chi connectivity index (χ0n) is 18.3. The maximum absolute atomic E-state index is 2.39. The van der Waals surface area contributed by atoms with Crippen molar-refractivity contribution in [3.8, 4) is 0 Å². The second kappa shape index (κ2) is 16.4. The fourth-order valence-corrected chi connectivity index (χ4v) is 4.16. The van der Waals surface area contributed by atoms with Crippen molar-refractivity contribution >= 4 is 0 Å². The molecule has 0 saturated heterocycles. The highest BCUT2D eigenvalue weighted by Crippen LogP contribution is 2.21. The monoisotopic (exact) mass is 358 g/mol. The summed E-state index contributed by atoms with van der Waals surface area (Å²) in [5.41, 5.74) is 4.95. The van der Waals surface area contributed by atoms with Crippen molar-refractivity contribution in [1.29, 1.82) is 0 Å². The molecule has 0 aliphatic heterocycles. The first-order valence-corrected chi connectivity index (χ1v) is 11.9. The Balaban J connectivity index is 2.31. The van der Waals surface area contributed by atoms with Gasteiger partial charge in [-0.15, -0.1) is 0 Å². The lowest BCUT2D eigenvalue weighted by Gasteiger charge is -2.14. The van der Waals surface area contributed by atoms with Crippen LogP contribution in [-0.2, 0) is 19.3 Å². The van der Waals surface area contributed by atoms with Crippen molar-refractivity contribution in [3.05, 3.63) is 34.9 Å². The molecule has 26 heavy (non-hydrogen) atoms. The van der Waals surface area contributed by atoms with E-state index in [1.54, 1.807) is 16.7 Å². The van der Waals surface area contributed by atoms with Crippen LogP contribution in [0.2, 0.25) is 0 Å². The van der Waals surface area contributed by atoms with E-state index in [1.807, 2.05) is 0 Å². The van der Waals surface area contributed by atoms with Crippen LogP contribution in [0.1, 0.15) is 127 Å². The summed E-state index contributed by atoms with van der Waals surface area (Å²) < 4.78 is 0. The predicted molar refractivity (Wildman–Crippen MR) is 119 cm³/mol. The van der Waals surface area contributed by atoms with E-state index in [1.165, 1.54) is 109 Å². The zero-order chi connectivity index (χ0) is 18.9. The van der Waals surface area contributed by atoms with Gasteiger partial charge in [0.05, 0.1) is 0 Å². The van der Waals surface area contributed by atoms with Gasteiger partial charge in [-0.1, -0.05) is 116 Å². The topological polar surface area (TPSA) is 0 Å². The summed E-state index contributed by atoms with van der Waals surface area (Å²) in [5, 5.41) is 0. The van der Waals surface area contributed by atoms with Crippen molar-refractivity contribution in [2.75, 3.05) is 0 Å². The Morgan fingerprint density at radius 2 is 0.885 bits per heavy atom. The van der Waals surface area contributed by atoms with Gasteiger partial charge in [-0.3, -0.25) is 0 Å². The van der Waals surface area contributed by atoms with Crippen molar-refractivity contribution in [1.82, 2.24) is 0 Å². The van der Waals surface area contributed by atoms with Crippen LogP contribution in [0, 0.1) is 0 Å². The highest BCUT2D eigenvalue weighted by molar-refractivity contribution is 5.35. The number of benzene rings is 1. The number of rotatable bonds is 17. The normalized spacial score (nSPS) is 11.2. The molecule has 0 fully saturated rings. The van der Waals surface area contributed by atoms with Crippen LogP contribution >= 0.6 is 0 Å². The molecule has 0 spiro atoms. The molecule has 1 aromatic rings. The van der Waals surface area contributed by atoms with Gasteiger partial charge in [-0.2, -0.15) is 0 Å². The van der Waals surface area contributed by atoms with Gasteiger partial charge in [0.2, 0.25) is 0 Å². The summed E-state index contributed by atoms with van der Waals surface area (Å²) in [7, 11) is 0. The molecule has 0 amide bonds. The summed E-state index contributed by atoms with van der Waals surface area (Å²) in [6.07, 6.45) is 23.5. The first kappa shape index (κ1) is 23.3. The molecule has 1 rings (SSSR count). The second-order valence-corrected chi connectivity index (χ2v) is 8.15. The lowest BCUT2D eigenvalue weighted by atomic mass is 9.92. The summed E-state index contributed by atoms with van der Waals surface area (Å²) in [6.45, 7) is 6.94. The van der Waals surface area contributed by atoms with Crippen LogP contribution in [0.25, 0.3) is 0 Å². The molecule has 0 nitrogen and oxygen atoms in total. The van der Waals surface area contributed by atoms with Gasteiger partial charge in [0.1, 0.15) is 0 Å². The number of hydrogen-bond acceptors (Lipinski definition) is 0. The van der Waals surface area contributed by atoms with E-state index in [2.05, 4.69) is 39.0 Å². The van der Waals surface area contributed by atoms with Crippen molar-refractivity contribution in [3.63, 3.8) is 0 Å². The molecule has 0 atom stereocenters. The first-order chi connectivity index (χ1) is 12.8. The highest BCUT2D eigenvalue weighted by atomic mass is 14.1. The molecule has 150 valence electrons. The Bertz CT molecular complexity index is 395. The molecule has 0 heterocycles. The zero-order valence-corrected chi connectivity index (χ0v) is 18.3. The van der Waals surface area contributed by atoms with Gasteiger partial charge in [0.15, 0.2) is 0 Å². The molecular formula is C26H46. The minimum absolute atomic E-state index is 1.21. The van der Waals surface area contributed by atoms with Gasteiger partial charge in [0, 0.05) is 0 Å². The molecule has 0 heteroatoms. The molecule has 0 N–H and O–H groups in total. The minimum Gasteiger partial charge on any atom is -0.0654 e. The summed E-state index contributed by atoms with van der Waals surface area (Å²) in [5.74, 6) is 0. The van der Waals surface area contributed by atoms with E-state index in [0.29, 0.717) is 0 Å². The quantitative estimate of drug-likeness (QED) is 0.244. The summed E-state index contributed by atoms with van der Waals surface area (Å²) in [4.78, 5) is 0. The van der Waals surface area contributed by atoms with Crippen LogP contribution in [0.5, 0.6) is 0 Å². The van der Waals surface area contributed by atoms with E-state index in [9.17, 15) is 0 Å². The van der Waals surface area contributed by atoms with Crippen LogP contribution in [0.3, 0.4) is 0 Å². The van der Waals surface area contributed by atoms with Crippen LogP contribution < -0.4 is 0 Å². The molecule has 0 aliphatic carbocycles. The molecular weight excluding hydrogens is 312 g/mol. The number of hydrogen-bond donors (Lipinski definition) is 0. The van der Waals surface area contributed by atoms with Gasteiger partial charge in [0.25, 0.3) is 0 Å². The van der Waals surface area contributed by atoms with E-state index in [-0.39, 0.29) is 0 Å². The second-order valence-electron chi connectivity index (χ2n) is 8.15. The third-order valence-corrected chi connectivity index (χ3v) is 5.82. The Hall–Kier alpha value is -0.780. The Morgan fingerprint density at radius 1 is 0.500 bits per heavy atom. The van der Waals surface area contributed by atoms with Crippen LogP contribution in [0.15, 0.2) is 18.2 Å². The molecule has 0 unspecified atom stereocenters. The lowest BCUT2D eigenvalue weighted by Crippen LogP contribution is -2.00. The average Bonchev–Trinajstić information content (AvgIpc) is 2.66. The number of unbranched alkanes of at least 4 members (excludes halogenated alkanes) is 12. The summed E-state index contributed by atoms with van der Waals surface area (Å²) in [6, 6.07) is 7.10. The standard InChI is InChI=1S/C26H46/c1-4-7-9-11-13-15-17-20-24-22-19-23-25(26(24)6-3)21-18-16-14-12-10-8-5-2/h19,22-23H,4-18,20-21H2,1-3H3. The van der Waals surface area contributed by atoms with Gasteiger partial charge in [-0.05, 0) is 48.8 Å². The van der Waals surface area contributed by atoms with Crippen molar-refractivity contribution in [2.24, 2.45) is 0 Å². The average molecular weight is 359 g/mol. The van der Waals surface area contributed by atoms with Gasteiger partial charge in [-0.25, -0.2) is 0 Å². The lowest BCUT2D eigenvalue weighted by molar-refractivity contribution is 0.586. The Morgan fingerprint density at radius 3 is 1.27 bits per heavy atom. The predicted octanol–water partition coefficient (Wildman–Crippen LogP) is 8.84. The van der Waals surface area contributed by atoms with Crippen molar-refractivity contribution < 1.29 is 0 Å². The highest BCUT2D eigenvalue weighted by Gasteiger charge is 2.06. The molecule has 0 aliphatic rings. The van der Waals surface area contributed by atoms with E-state index in [0.717, 1.165) is 0 Å². The maximum Gasteiger partial charge on any atom is -0.0276 e. The van der Waals surface area contributed by atoms with Gasteiger partial charge >= 0.3 is 0 Å². The molecule has 0 aromatic heterocycles. The smallest absolute Gasteiger partial charge is 0.0276 e. The molecule has 0 bridgehead atoms. The SMILES string of the molecule is CCCCCCCCCc1cccc(CCCCCCCCC)c1CC. The Kier molecular flexibility index (Phi) is 14.7. The largest absolute Gasteiger partial charge is 0.0654 e. The number of aryl methyl sites for hydroxylation is 2. The summed E-state index contributed by atoms with van der Waals surface area (Å²) >= 11 is 0. The molecule has 0 radical (unpaired) electrons. The van der Waals surface area contributed by atoms with Crippen LogP contribution in [-0.4, -0.2) is 0 Å². The van der Waals surface area contributed by atoms with Crippen molar-refractivity contribution in [2.45, 2.75) is 130 Å². The Labute approximate surface area is 165 Å².